The van der Waals surface area contributed by atoms with E-state index < -0.39 is 23.4 Å². The molecule has 3 N–H and O–H groups in total. The summed E-state index contributed by atoms with van der Waals surface area (Å²) in [6.45, 7) is 4.05. The maximum absolute atomic E-state index is 13.8. The van der Waals surface area contributed by atoms with E-state index in [1.807, 2.05) is 25.9 Å². The molecule has 1 saturated heterocycles. The number of halogens is 4. The second kappa shape index (κ2) is 17.1. The van der Waals surface area contributed by atoms with Crippen molar-refractivity contribution in [2.24, 2.45) is 13.0 Å². The molecule has 17 heteroatoms. The van der Waals surface area contributed by atoms with Crippen molar-refractivity contribution >= 4 is 52.1 Å². The van der Waals surface area contributed by atoms with Gasteiger partial charge in [0.2, 0.25) is 5.91 Å². The molecule has 1 atom stereocenters. The first-order valence-electron chi connectivity index (χ1n) is 16.6. The standard InChI is InChI=1S/C35H43ClF3N9O4/c1-6-23(11-12-44(2)3)33(51)47-13-15-48(16-14-47)34(52)25-9-8-24(17-27(25)36)43-32(50)31-42-19-28(46(31)5)26(30(40)35(37,38)39)20-45(4)29-10-7-22(21-49)18-41-29/h7-10,17-20,23,40,49H,6,11-16,21H2,1-5H3,(H,43,50). The first kappa shape index (κ1) is 40.0. The van der Waals surface area contributed by atoms with Crippen LogP contribution in [0.1, 0.15) is 52.0 Å². The normalized spacial score (nSPS) is 14.4. The minimum atomic E-state index is -5.02. The monoisotopic (exact) mass is 745 g/mol. The van der Waals surface area contributed by atoms with Crippen LogP contribution >= 0.6 is 11.6 Å². The Bertz CT molecular complexity index is 1800. The predicted molar refractivity (Wildman–Crippen MR) is 192 cm³/mol. The number of carbonyl (C=O) groups is 3. The molecule has 0 radical (unpaired) electrons. The van der Waals surface area contributed by atoms with Crippen molar-refractivity contribution in [3.63, 3.8) is 0 Å². The lowest BCUT2D eigenvalue weighted by atomic mass is 10.00. The third kappa shape index (κ3) is 9.54. The molecule has 52 heavy (non-hydrogen) atoms. The maximum atomic E-state index is 13.8. The molecule has 1 aromatic carbocycles. The molecule has 0 spiro atoms. The highest BCUT2D eigenvalue weighted by Crippen LogP contribution is 2.29. The molecule has 3 amide bonds. The summed E-state index contributed by atoms with van der Waals surface area (Å²) >= 11 is 6.50. The Morgan fingerprint density at radius 1 is 1.06 bits per heavy atom. The van der Waals surface area contributed by atoms with Crippen LogP contribution in [-0.2, 0) is 18.4 Å². The number of hydrogen-bond donors (Lipinski definition) is 3. The van der Waals surface area contributed by atoms with Crippen LogP contribution in [0.4, 0.5) is 24.7 Å². The van der Waals surface area contributed by atoms with Gasteiger partial charge in [-0.2, -0.15) is 13.2 Å². The molecule has 3 aromatic rings. The molecule has 1 fully saturated rings. The maximum Gasteiger partial charge on any atom is 0.433 e. The van der Waals surface area contributed by atoms with E-state index >= 15 is 0 Å². The molecule has 280 valence electrons. The number of pyridine rings is 1. The van der Waals surface area contributed by atoms with Gasteiger partial charge in [0.05, 0.1) is 29.1 Å². The lowest BCUT2D eigenvalue weighted by Crippen LogP contribution is -2.52. The van der Waals surface area contributed by atoms with Crippen molar-refractivity contribution < 1.29 is 32.7 Å². The van der Waals surface area contributed by atoms with E-state index in [9.17, 15) is 32.7 Å². The second-order valence-corrected chi connectivity index (χ2v) is 13.1. The van der Waals surface area contributed by atoms with Gasteiger partial charge in [-0.1, -0.05) is 24.6 Å². The van der Waals surface area contributed by atoms with Crippen molar-refractivity contribution in [1.82, 2.24) is 29.2 Å². The summed E-state index contributed by atoms with van der Waals surface area (Å²) in [5, 5.41) is 19.8. The van der Waals surface area contributed by atoms with Crippen LogP contribution in [0.2, 0.25) is 5.02 Å². The zero-order valence-corrected chi connectivity index (χ0v) is 30.4. The van der Waals surface area contributed by atoms with Crippen LogP contribution in [0.5, 0.6) is 0 Å². The summed E-state index contributed by atoms with van der Waals surface area (Å²) in [7, 11) is 6.73. The minimum absolute atomic E-state index is 0.0732. The molecule has 0 bridgehead atoms. The molecule has 4 rings (SSSR count). The second-order valence-electron chi connectivity index (χ2n) is 12.7. The summed E-state index contributed by atoms with van der Waals surface area (Å²) < 4.78 is 42.6. The van der Waals surface area contributed by atoms with E-state index in [4.69, 9.17) is 17.0 Å². The van der Waals surface area contributed by atoms with Crippen LogP contribution in [0.15, 0.2) is 48.9 Å². The van der Waals surface area contributed by atoms with Crippen molar-refractivity contribution in [2.75, 3.05) is 64.1 Å². The summed E-state index contributed by atoms with van der Waals surface area (Å²) in [4.78, 5) is 54.6. The van der Waals surface area contributed by atoms with Gasteiger partial charge in [0, 0.05) is 69.8 Å². The summed E-state index contributed by atoms with van der Waals surface area (Å²) in [5.41, 5.74) is -1.46. The van der Waals surface area contributed by atoms with E-state index in [1.54, 1.807) is 15.9 Å². The Morgan fingerprint density at radius 3 is 2.29 bits per heavy atom. The van der Waals surface area contributed by atoms with Gasteiger partial charge in [-0.15, -0.1) is 0 Å². The smallest absolute Gasteiger partial charge is 0.392 e. The summed E-state index contributed by atoms with van der Waals surface area (Å²) in [5.74, 6) is -1.08. The van der Waals surface area contributed by atoms with E-state index in [-0.39, 0.29) is 57.9 Å². The Hall–Kier alpha value is -4.80. The molecule has 1 aliphatic rings. The molecular weight excluding hydrogens is 703 g/mol. The quantitative estimate of drug-likeness (QED) is 0.216. The number of alkyl halides is 3. The number of benzene rings is 1. The van der Waals surface area contributed by atoms with Crippen LogP contribution in [0.25, 0.3) is 5.57 Å². The predicted octanol–water partition coefficient (Wildman–Crippen LogP) is 4.53. The van der Waals surface area contributed by atoms with E-state index in [2.05, 4.69) is 15.3 Å². The first-order valence-corrected chi connectivity index (χ1v) is 17.0. The molecular formula is C35H43ClF3N9O4. The molecule has 13 nitrogen and oxygen atoms in total. The Balaban J connectivity index is 1.45. The molecule has 0 saturated carbocycles. The number of amides is 3. The topological polar surface area (TPSA) is 151 Å². The number of aromatic nitrogens is 3. The van der Waals surface area contributed by atoms with Crippen molar-refractivity contribution in [3.8, 4) is 0 Å². The summed E-state index contributed by atoms with van der Waals surface area (Å²) in [6.07, 6.45) is -0.0116. The average Bonchev–Trinajstić information content (AvgIpc) is 3.50. The fourth-order valence-corrected chi connectivity index (χ4v) is 5.95. The average molecular weight is 746 g/mol. The number of piperazine rings is 1. The number of anilines is 2. The molecule has 0 aliphatic carbocycles. The van der Waals surface area contributed by atoms with Gasteiger partial charge >= 0.3 is 6.18 Å². The lowest BCUT2D eigenvalue weighted by molar-refractivity contribution is -0.137. The third-order valence-electron chi connectivity index (χ3n) is 8.80. The number of aliphatic hydroxyl groups is 1. The van der Waals surface area contributed by atoms with E-state index in [0.29, 0.717) is 31.7 Å². The molecule has 3 heterocycles. The van der Waals surface area contributed by atoms with Crippen molar-refractivity contribution in [2.45, 2.75) is 32.5 Å². The zero-order valence-electron chi connectivity index (χ0n) is 29.7. The fraction of sp³-hybridized carbons (Fsp3) is 0.429. The molecule has 2 aromatic heterocycles. The molecule has 1 aliphatic heterocycles. The van der Waals surface area contributed by atoms with Crippen LogP contribution in [0.3, 0.4) is 0 Å². The van der Waals surface area contributed by atoms with Gasteiger partial charge in [0.15, 0.2) is 5.82 Å². The summed E-state index contributed by atoms with van der Waals surface area (Å²) in [6, 6.07) is 7.40. The highest BCUT2D eigenvalue weighted by Gasteiger charge is 2.39. The fourth-order valence-electron chi connectivity index (χ4n) is 5.69. The van der Waals surface area contributed by atoms with Gasteiger partial charge in [-0.3, -0.25) is 19.8 Å². The number of aliphatic hydroxyl groups excluding tert-OH is 1. The van der Waals surface area contributed by atoms with Crippen molar-refractivity contribution in [3.05, 3.63) is 76.6 Å². The first-order chi connectivity index (χ1) is 24.5. The Labute approximate surface area is 305 Å². The van der Waals surface area contributed by atoms with Gasteiger partial charge in [0.25, 0.3) is 11.8 Å². The number of rotatable bonds is 13. The van der Waals surface area contributed by atoms with E-state index in [0.717, 1.165) is 36.4 Å². The third-order valence-corrected chi connectivity index (χ3v) is 9.11. The highest BCUT2D eigenvalue weighted by atomic mass is 35.5. The zero-order chi connectivity index (χ0) is 38.3. The van der Waals surface area contributed by atoms with E-state index in [1.165, 1.54) is 49.5 Å². The van der Waals surface area contributed by atoms with Gasteiger partial charge in [-0.25, -0.2) is 9.97 Å². The number of carbonyl (C=O) groups excluding carboxylic acids is 3. The van der Waals surface area contributed by atoms with Crippen molar-refractivity contribution in [1.29, 1.82) is 5.41 Å². The number of allylic oxidation sites excluding steroid dienone is 1. The number of nitrogens with zero attached hydrogens (tertiary/aromatic N) is 7. The largest absolute Gasteiger partial charge is 0.433 e. The van der Waals surface area contributed by atoms with Crippen LogP contribution in [-0.4, -0.2) is 118 Å². The minimum Gasteiger partial charge on any atom is -0.392 e. The Kier molecular flexibility index (Phi) is 13.2. The lowest BCUT2D eigenvalue weighted by Gasteiger charge is -2.36. The van der Waals surface area contributed by atoms with Gasteiger partial charge in [-0.05, 0) is 63.3 Å². The number of hydrogen-bond acceptors (Lipinski definition) is 9. The number of nitrogens with one attached hydrogen (secondary N) is 2. The molecule has 1 unspecified atom stereocenters. The Morgan fingerprint density at radius 2 is 1.73 bits per heavy atom. The van der Waals surface area contributed by atoms with Crippen LogP contribution in [0, 0.1) is 11.3 Å². The SMILES string of the molecule is CCC(CCN(C)C)C(=O)N1CCN(C(=O)c2ccc(NC(=O)c3ncc(C(=CN(C)c4ccc(CO)cn4)C(=N)C(F)(F)F)n3C)cc2Cl)CC1. The highest BCUT2D eigenvalue weighted by molar-refractivity contribution is 6.34. The van der Waals surface area contributed by atoms with Crippen LogP contribution < -0.4 is 10.2 Å². The van der Waals surface area contributed by atoms with Gasteiger partial charge in [0.1, 0.15) is 11.5 Å². The van der Waals surface area contributed by atoms with Gasteiger partial charge < -0.3 is 34.6 Å². The number of imidazole rings is 1.